The molecule has 0 aliphatic heterocycles. The van der Waals surface area contributed by atoms with Gasteiger partial charge in [0.1, 0.15) is 11.4 Å². The summed E-state index contributed by atoms with van der Waals surface area (Å²) >= 11 is 6.21. The van der Waals surface area contributed by atoms with E-state index >= 15 is 0 Å². The maximum absolute atomic E-state index is 13.4. The number of ether oxygens (including phenoxy) is 1. The minimum atomic E-state index is -0.651. The van der Waals surface area contributed by atoms with Gasteiger partial charge in [-0.3, -0.25) is 9.48 Å². The van der Waals surface area contributed by atoms with Gasteiger partial charge in [-0.15, -0.1) is 0 Å². The van der Waals surface area contributed by atoms with E-state index in [1.54, 1.807) is 37.6 Å². The zero-order valence-electron chi connectivity index (χ0n) is 16.8. The van der Waals surface area contributed by atoms with Crippen LogP contribution in [-0.4, -0.2) is 28.3 Å². The van der Waals surface area contributed by atoms with Crippen molar-refractivity contribution < 1.29 is 18.7 Å². The molecule has 1 amide bonds. The maximum atomic E-state index is 13.4. The van der Waals surface area contributed by atoms with E-state index in [4.69, 9.17) is 16.3 Å². The zero-order chi connectivity index (χ0) is 21.8. The lowest BCUT2D eigenvalue weighted by Gasteiger charge is -2.09. The molecule has 3 rings (SSSR count). The molecule has 8 heteroatoms. The summed E-state index contributed by atoms with van der Waals surface area (Å²) in [5.74, 6) is -1.68. The molecule has 0 saturated carbocycles. The Labute approximate surface area is 178 Å². The van der Waals surface area contributed by atoms with Crippen molar-refractivity contribution in [3.63, 3.8) is 0 Å². The quantitative estimate of drug-likeness (QED) is 0.588. The Hall–Kier alpha value is -3.19. The van der Waals surface area contributed by atoms with E-state index < -0.39 is 24.3 Å². The van der Waals surface area contributed by atoms with Gasteiger partial charge in [0, 0.05) is 10.7 Å². The van der Waals surface area contributed by atoms with Crippen LogP contribution in [0.2, 0.25) is 5.02 Å². The number of carbonyl (C=O) groups is 2. The second-order valence-corrected chi connectivity index (χ2v) is 7.29. The average Bonchev–Trinajstić information content (AvgIpc) is 2.98. The molecule has 0 spiro atoms. The van der Waals surface area contributed by atoms with Crippen LogP contribution in [0, 0.1) is 26.6 Å². The molecule has 1 aromatic heterocycles. The van der Waals surface area contributed by atoms with Crippen LogP contribution in [-0.2, 0) is 16.1 Å². The summed E-state index contributed by atoms with van der Waals surface area (Å²) in [5, 5.41) is 7.55. The first-order chi connectivity index (χ1) is 14.3. The molecule has 3 aromatic rings. The Bertz CT molecular complexity index is 1110. The van der Waals surface area contributed by atoms with E-state index in [-0.39, 0.29) is 0 Å². The summed E-state index contributed by atoms with van der Waals surface area (Å²) in [7, 11) is 0. The number of hydrogen-bond donors (Lipinski definition) is 1. The molecule has 30 heavy (non-hydrogen) atoms. The normalized spacial score (nSPS) is 10.7. The Morgan fingerprint density at radius 2 is 1.90 bits per heavy atom. The fourth-order valence-electron chi connectivity index (χ4n) is 3.05. The molecule has 0 aliphatic carbocycles. The highest BCUT2D eigenvalue weighted by atomic mass is 35.5. The van der Waals surface area contributed by atoms with Crippen molar-refractivity contribution in [3.05, 3.63) is 81.4 Å². The third-order valence-electron chi connectivity index (χ3n) is 4.67. The lowest BCUT2D eigenvalue weighted by molar-refractivity contribution is -0.119. The molecule has 0 bridgehead atoms. The Morgan fingerprint density at radius 1 is 1.17 bits per heavy atom. The number of halogens is 2. The highest BCUT2D eigenvalue weighted by Crippen LogP contribution is 2.20. The number of anilines is 1. The number of aromatic nitrogens is 2. The van der Waals surface area contributed by atoms with Crippen LogP contribution in [0.5, 0.6) is 0 Å². The first kappa shape index (κ1) is 21.5. The van der Waals surface area contributed by atoms with Crippen molar-refractivity contribution in [1.82, 2.24) is 9.78 Å². The largest absolute Gasteiger partial charge is 0.452 e. The summed E-state index contributed by atoms with van der Waals surface area (Å²) in [4.78, 5) is 24.7. The number of esters is 1. The van der Waals surface area contributed by atoms with E-state index in [1.807, 2.05) is 18.2 Å². The zero-order valence-corrected chi connectivity index (χ0v) is 17.6. The van der Waals surface area contributed by atoms with E-state index in [0.29, 0.717) is 39.8 Å². The standard InChI is InChI=1S/C22H21ClFN3O3/c1-13-8-9-17(24)10-19(13)25-20(28)12-30-22(29)21-14(2)26-27(15(21)3)11-16-6-4-5-7-18(16)23/h4-10H,11-12H2,1-3H3,(H,25,28). The van der Waals surface area contributed by atoms with Crippen molar-refractivity contribution in [2.45, 2.75) is 27.3 Å². The molecule has 0 fully saturated rings. The van der Waals surface area contributed by atoms with Gasteiger partial charge < -0.3 is 10.1 Å². The Morgan fingerprint density at radius 3 is 2.63 bits per heavy atom. The fourth-order valence-corrected chi connectivity index (χ4v) is 3.25. The number of carbonyl (C=O) groups excluding carboxylic acids is 2. The van der Waals surface area contributed by atoms with E-state index in [0.717, 1.165) is 5.56 Å². The van der Waals surface area contributed by atoms with Crippen LogP contribution in [0.1, 0.15) is 32.9 Å². The number of amides is 1. The number of nitrogens with one attached hydrogen (secondary N) is 1. The number of nitrogens with zero attached hydrogens (tertiary/aromatic N) is 2. The van der Waals surface area contributed by atoms with Gasteiger partial charge >= 0.3 is 5.97 Å². The van der Waals surface area contributed by atoms with Gasteiger partial charge in [0.25, 0.3) is 5.91 Å². The number of benzene rings is 2. The van der Waals surface area contributed by atoms with Gasteiger partial charge in [-0.2, -0.15) is 5.10 Å². The van der Waals surface area contributed by atoms with Gasteiger partial charge in [0.2, 0.25) is 0 Å². The Kier molecular flexibility index (Phi) is 6.52. The van der Waals surface area contributed by atoms with Crippen LogP contribution in [0.4, 0.5) is 10.1 Å². The summed E-state index contributed by atoms with van der Waals surface area (Å²) in [6.45, 7) is 5.09. The van der Waals surface area contributed by atoms with Gasteiger partial charge in [0.05, 0.1) is 17.9 Å². The number of hydrogen-bond acceptors (Lipinski definition) is 4. The molecular formula is C22H21ClFN3O3. The smallest absolute Gasteiger partial charge is 0.342 e. The molecule has 0 radical (unpaired) electrons. The molecule has 0 unspecified atom stereocenters. The highest BCUT2D eigenvalue weighted by molar-refractivity contribution is 6.31. The lowest BCUT2D eigenvalue weighted by Crippen LogP contribution is -2.22. The van der Waals surface area contributed by atoms with Gasteiger partial charge in [-0.25, -0.2) is 9.18 Å². The average molecular weight is 430 g/mol. The van der Waals surface area contributed by atoms with E-state index in [9.17, 15) is 14.0 Å². The predicted octanol–water partition coefficient (Wildman–Crippen LogP) is 4.44. The first-order valence-electron chi connectivity index (χ1n) is 9.26. The highest BCUT2D eigenvalue weighted by Gasteiger charge is 2.21. The molecular weight excluding hydrogens is 409 g/mol. The molecule has 1 N–H and O–H groups in total. The third kappa shape index (κ3) is 4.86. The van der Waals surface area contributed by atoms with Crippen LogP contribution >= 0.6 is 11.6 Å². The fraction of sp³-hybridized carbons (Fsp3) is 0.227. The summed E-state index contributed by atoms with van der Waals surface area (Å²) in [6, 6.07) is 11.5. The topological polar surface area (TPSA) is 73.2 Å². The second kappa shape index (κ2) is 9.09. The SMILES string of the molecule is Cc1ccc(F)cc1NC(=O)COC(=O)c1c(C)nn(Cc2ccccc2Cl)c1C. The molecule has 0 saturated heterocycles. The van der Waals surface area contributed by atoms with Gasteiger partial charge in [-0.05, 0) is 50.1 Å². The van der Waals surface area contributed by atoms with Crippen LogP contribution in [0.3, 0.4) is 0 Å². The second-order valence-electron chi connectivity index (χ2n) is 6.88. The monoisotopic (exact) mass is 429 g/mol. The summed E-state index contributed by atoms with van der Waals surface area (Å²) < 4.78 is 20.2. The molecule has 2 aromatic carbocycles. The maximum Gasteiger partial charge on any atom is 0.342 e. The van der Waals surface area contributed by atoms with Gasteiger partial charge in [0.15, 0.2) is 6.61 Å². The molecule has 156 valence electrons. The molecule has 1 heterocycles. The van der Waals surface area contributed by atoms with Crippen LogP contribution < -0.4 is 5.32 Å². The Balaban J connectivity index is 1.67. The van der Waals surface area contributed by atoms with Crippen molar-refractivity contribution >= 4 is 29.2 Å². The predicted molar refractivity (Wildman–Crippen MR) is 112 cm³/mol. The molecule has 0 atom stereocenters. The van der Waals surface area contributed by atoms with Crippen LogP contribution in [0.25, 0.3) is 0 Å². The van der Waals surface area contributed by atoms with E-state index in [1.165, 1.54) is 12.1 Å². The van der Waals surface area contributed by atoms with Crippen molar-refractivity contribution in [2.24, 2.45) is 0 Å². The van der Waals surface area contributed by atoms with Crippen molar-refractivity contribution in [3.8, 4) is 0 Å². The number of rotatable bonds is 6. The van der Waals surface area contributed by atoms with Crippen molar-refractivity contribution in [1.29, 1.82) is 0 Å². The summed E-state index contributed by atoms with van der Waals surface area (Å²) in [6.07, 6.45) is 0. The first-order valence-corrected chi connectivity index (χ1v) is 9.64. The van der Waals surface area contributed by atoms with E-state index in [2.05, 4.69) is 10.4 Å². The summed E-state index contributed by atoms with van der Waals surface area (Å²) in [5.41, 5.74) is 3.30. The minimum absolute atomic E-state index is 0.303. The van der Waals surface area contributed by atoms with Gasteiger partial charge in [-0.1, -0.05) is 35.9 Å². The van der Waals surface area contributed by atoms with Crippen molar-refractivity contribution in [2.75, 3.05) is 11.9 Å². The number of aryl methyl sites for hydroxylation is 2. The third-order valence-corrected chi connectivity index (χ3v) is 5.04. The van der Waals surface area contributed by atoms with Crippen LogP contribution in [0.15, 0.2) is 42.5 Å². The molecule has 0 aliphatic rings. The molecule has 6 nitrogen and oxygen atoms in total. The lowest BCUT2D eigenvalue weighted by atomic mass is 10.2. The minimum Gasteiger partial charge on any atom is -0.452 e.